The van der Waals surface area contributed by atoms with Crippen molar-refractivity contribution < 1.29 is 19.4 Å². The number of carbonyl (C=O) groups is 1. The summed E-state index contributed by atoms with van der Waals surface area (Å²) in [5.41, 5.74) is 4.85. The van der Waals surface area contributed by atoms with E-state index in [1.165, 1.54) is 22.9 Å². The number of nitrogens with zero attached hydrogens (tertiary/aromatic N) is 1. The molecule has 2 fully saturated rings. The van der Waals surface area contributed by atoms with Crippen LogP contribution >= 0.6 is 0 Å². The van der Waals surface area contributed by atoms with Gasteiger partial charge in [0.2, 0.25) is 5.91 Å². The van der Waals surface area contributed by atoms with Gasteiger partial charge in [0.1, 0.15) is 12.8 Å². The number of hydrogen-bond acceptors (Lipinski definition) is 7. The van der Waals surface area contributed by atoms with E-state index in [-0.39, 0.29) is 24.1 Å². The fourth-order valence-electron chi connectivity index (χ4n) is 5.02. The number of fused-ring (bicyclic) bond motifs is 1. The molecule has 8 nitrogen and oxygen atoms in total. The zero-order chi connectivity index (χ0) is 25.7. The van der Waals surface area contributed by atoms with Crippen molar-refractivity contribution in [3.8, 4) is 0 Å². The van der Waals surface area contributed by atoms with Crippen LogP contribution in [-0.2, 0) is 27.3 Å². The van der Waals surface area contributed by atoms with Crippen molar-refractivity contribution in [3.05, 3.63) is 77.5 Å². The third-order valence-corrected chi connectivity index (χ3v) is 7.44. The molecule has 1 saturated carbocycles. The van der Waals surface area contributed by atoms with Gasteiger partial charge in [-0.25, -0.2) is 0 Å². The molecule has 0 bridgehead atoms. The molecule has 2 aromatic rings. The lowest BCUT2D eigenvalue weighted by atomic mass is 9.89. The Bertz CT molecular complexity index is 1080. The summed E-state index contributed by atoms with van der Waals surface area (Å²) in [6, 6.07) is 16.5. The van der Waals surface area contributed by atoms with Crippen LogP contribution in [-0.4, -0.2) is 60.2 Å². The molecule has 37 heavy (non-hydrogen) atoms. The van der Waals surface area contributed by atoms with E-state index in [2.05, 4.69) is 41.1 Å². The molecule has 0 unspecified atom stereocenters. The maximum absolute atomic E-state index is 12.7. The molecule has 2 aliphatic heterocycles. The summed E-state index contributed by atoms with van der Waals surface area (Å²) in [5, 5.41) is 21.3. The van der Waals surface area contributed by atoms with E-state index in [0.29, 0.717) is 19.9 Å². The van der Waals surface area contributed by atoms with Crippen LogP contribution in [0.1, 0.15) is 48.9 Å². The highest BCUT2D eigenvalue weighted by molar-refractivity contribution is 5.87. The fourth-order valence-corrected chi connectivity index (χ4v) is 5.02. The maximum atomic E-state index is 12.7. The average Bonchev–Trinajstić information content (AvgIpc) is 3.44. The van der Waals surface area contributed by atoms with Gasteiger partial charge in [0, 0.05) is 42.6 Å². The van der Waals surface area contributed by atoms with E-state index in [1.54, 1.807) is 6.20 Å². The lowest BCUT2D eigenvalue weighted by molar-refractivity contribution is -0.126. The SMILES string of the molecule is CCc1ccc2c(c1)[C@H](NC[C@@H](O)[C@@H](NC(=O)/C=C/N1CCOC1)OCc1ccccc1)CC1(CC1)N2. The molecule has 1 aliphatic carbocycles. The van der Waals surface area contributed by atoms with Gasteiger partial charge in [-0.3, -0.25) is 4.79 Å². The molecule has 1 saturated heterocycles. The zero-order valence-corrected chi connectivity index (χ0v) is 21.5. The molecular weight excluding hydrogens is 468 g/mol. The van der Waals surface area contributed by atoms with E-state index in [1.807, 2.05) is 35.2 Å². The van der Waals surface area contributed by atoms with Crippen LogP contribution in [0.25, 0.3) is 0 Å². The van der Waals surface area contributed by atoms with Crippen LogP contribution in [0.4, 0.5) is 5.69 Å². The number of amides is 1. The molecule has 3 atom stereocenters. The Morgan fingerprint density at radius 2 is 2.11 bits per heavy atom. The highest BCUT2D eigenvalue weighted by Crippen LogP contribution is 2.50. The van der Waals surface area contributed by atoms with E-state index in [9.17, 15) is 9.90 Å². The molecule has 1 amide bonds. The van der Waals surface area contributed by atoms with E-state index in [4.69, 9.17) is 9.47 Å². The minimum absolute atomic E-state index is 0.125. The smallest absolute Gasteiger partial charge is 0.247 e. The van der Waals surface area contributed by atoms with Gasteiger partial charge in [-0.05, 0) is 48.4 Å². The topological polar surface area (TPSA) is 95.1 Å². The van der Waals surface area contributed by atoms with Gasteiger partial charge in [0.15, 0.2) is 6.23 Å². The van der Waals surface area contributed by atoms with Gasteiger partial charge < -0.3 is 35.4 Å². The van der Waals surface area contributed by atoms with Crippen molar-refractivity contribution in [2.24, 2.45) is 0 Å². The van der Waals surface area contributed by atoms with Crippen molar-refractivity contribution in [3.63, 3.8) is 0 Å². The van der Waals surface area contributed by atoms with Gasteiger partial charge in [0.25, 0.3) is 0 Å². The molecule has 2 heterocycles. The summed E-state index contributed by atoms with van der Waals surface area (Å²) in [6.07, 6.45) is 5.66. The van der Waals surface area contributed by atoms with Crippen LogP contribution in [0.2, 0.25) is 0 Å². The molecule has 0 radical (unpaired) electrons. The number of benzene rings is 2. The molecule has 5 rings (SSSR count). The lowest BCUT2D eigenvalue weighted by Gasteiger charge is -2.35. The lowest BCUT2D eigenvalue weighted by Crippen LogP contribution is -2.49. The largest absolute Gasteiger partial charge is 0.387 e. The summed E-state index contributed by atoms with van der Waals surface area (Å²) >= 11 is 0. The number of anilines is 1. The second-order valence-electron chi connectivity index (χ2n) is 10.3. The monoisotopic (exact) mass is 506 g/mol. The van der Waals surface area contributed by atoms with Gasteiger partial charge in [0.05, 0.1) is 13.2 Å². The predicted octanol–water partition coefficient (Wildman–Crippen LogP) is 3.05. The van der Waals surface area contributed by atoms with Crippen LogP contribution < -0.4 is 16.0 Å². The van der Waals surface area contributed by atoms with Crippen molar-refractivity contribution in [2.75, 3.05) is 31.7 Å². The van der Waals surface area contributed by atoms with Crippen LogP contribution in [0.15, 0.2) is 60.8 Å². The summed E-state index contributed by atoms with van der Waals surface area (Å²) in [4.78, 5) is 14.6. The Kier molecular flexibility index (Phi) is 8.10. The number of hydrogen-bond donors (Lipinski definition) is 4. The van der Waals surface area contributed by atoms with Crippen LogP contribution in [0, 0.1) is 0 Å². The highest BCUT2D eigenvalue weighted by atomic mass is 16.5. The van der Waals surface area contributed by atoms with E-state index >= 15 is 0 Å². The molecule has 198 valence electrons. The van der Waals surface area contributed by atoms with Crippen molar-refractivity contribution in [1.29, 1.82) is 0 Å². The molecule has 0 aromatic heterocycles. The molecule has 2 aromatic carbocycles. The quantitative estimate of drug-likeness (QED) is 0.275. The molecule has 1 spiro atoms. The summed E-state index contributed by atoms with van der Waals surface area (Å²) < 4.78 is 11.3. The number of rotatable bonds is 11. The van der Waals surface area contributed by atoms with Gasteiger partial charge >= 0.3 is 0 Å². The number of aliphatic hydroxyl groups excluding tert-OH is 1. The number of nitrogens with one attached hydrogen (secondary N) is 3. The standard InChI is InChI=1S/C29H38N4O4/c1-2-21-8-9-24-23(16-21)25(17-29(32-24)11-12-29)30-18-26(34)28(37-19-22-6-4-3-5-7-22)31-27(35)10-13-33-14-15-36-20-33/h3-10,13,16,25-26,28,30,32,34H,2,11-12,14-15,17-20H2,1H3,(H,31,35)/b13-10+/t25-,26-,28+/m1/s1. The minimum Gasteiger partial charge on any atom is -0.387 e. The van der Waals surface area contributed by atoms with Crippen LogP contribution in [0.3, 0.4) is 0 Å². The van der Waals surface area contributed by atoms with E-state index < -0.39 is 12.3 Å². The Hall–Kier alpha value is -2.91. The van der Waals surface area contributed by atoms with Crippen molar-refractivity contribution in [1.82, 2.24) is 15.5 Å². The number of aliphatic hydroxyl groups is 1. The Morgan fingerprint density at radius 3 is 2.84 bits per heavy atom. The molecule has 8 heteroatoms. The third-order valence-electron chi connectivity index (χ3n) is 7.44. The number of aryl methyl sites for hydroxylation is 1. The molecule has 3 aliphatic rings. The molecular formula is C29H38N4O4. The van der Waals surface area contributed by atoms with Crippen molar-refractivity contribution >= 4 is 11.6 Å². The summed E-state index contributed by atoms with van der Waals surface area (Å²) in [6.45, 7) is 4.62. The third kappa shape index (κ3) is 6.70. The summed E-state index contributed by atoms with van der Waals surface area (Å²) in [7, 11) is 0. The van der Waals surface area contributed by atoms with Gasteiger partial charge in [-0.1, -0.05) is 49.4 Å². The molecule has 4 N–H and O–H groups in total. The second kappa shape index (κ2) is 11.6. The number of carbonyl (C=O) groups excluding carboxylic acids is 1. The Labute approximate surface area is 219 Å². The second-order valence-corrected chi connectivity index (χ2v) is 10.3. The Morgan fingerprint density at radius 1 is 1.27 bits per heavy atom. The van der Waals surface area contributed by atoms with E-state index in [0.717, 1.165) is 37.8 Å². The first-order chi connectivity index (χ1) is 18.0. The first-order valence-corrected chi connectivity index (χ1v) is 13.3. The first kappa shape index (κ1) is 25.7. The van der Waals surface area contributed by atoms with Crippen molar-refractivity contribution in [2.45, 2.75) is 63.1 Å². The van der Waals surface area contributed by atoms with Crippen LogP contribution in [0.5, 0.6) is 0 Å². The normalized spacial score (nSPS) is 21.5. The fraction of sp³-hybridized carbons (Fsp3) is 0.483. The average molecular weight is 507 g/mol. The summed E-state index contributed by atoms with van der Waals surface area (Å²) in [5.74, 6) is -0.319. The number of ether oxygens (including phenoxy) is 2. The minimum atomic E-state index is -0.931. The predicted molar refractivity (Wildman–Crippen MR) is 143 cm³/mol. The maximum Gasteiger partial charge on any atom is 0.247 e. The first-order valence-electron chi connectivity index (χ1n) is 13.3. The zero-order valence-electron chi connectivity index (χ0n) is 21.5. The Balaban J connectivity index is 1.24. The highest BCUT2D eigenvalue weighted by Gasteiger charge is 2.47. The van der Waals surface area contributed by atoms with Gasteiger partial charge in [-0.2, -0.15) is 0 Å². The van der Waals surface area contributed by atoms with Gasteiger partial charge in [-0.15, -0.1) is 0 Å².